The maximum absolute atomic E-state index is 14.1. The molecule has 154 valence electrons. The monoisotopic (exact) mass is 410 g/mol. The third-order valence-electron chi connectivity index (χ3n) is 3.52. The molecule has 0 aliphatic carbocycles. The summed E-state index contributed by atoms with van der Waals surface area (Å²) in [6.07, 6.45) is 4.59. The van der Waals surface area contributed by atoms with E-state index in [2.05, 4.69) is 20.2 Å². The van der Waals surface area contributed by atoms with Crippen molar-refractivity contribution >= 4 is 11.9 Å². The quantitative estimate of drug-likeness (QED) is 0.466. The van der Waals surface area contributed by atoms with Crippen molar-refractivity contribution < 1.29 is 33.7 Å². The average molecular weight is 410 g/mol. The van der Waals surface area contributed by atoms with Crippen LogP contribution in [0.5, 0.6) is 0 Å². The average Bonchev–Trinajstić information content (AvgIpc) is 3.27. The molecule has 0 amide bonds. The number of benzene rings is 1. The van der Waals surface area contributed by atoms with Gasteiger partial charge in [0.15, 0.2) is 0 Å². The molecule has 0 fully saturated rings. The highest BCUT2D eigenvalue weighted by Gasteiger charge is 2.34. The van der Waals surface area contributed by atoms with E-state index >= 15 is 0 Å². The van der Waals surface area contributed by atoms with Gasteiger partial charge in [0.2, 0.25) is 0 Å². The molecule has 0 saturated carbocycles. The molecular formula is C16H16F2N6O5. The molecule has 11 nitrogen and oxygen atoms in total. The lowest BCUT2D eigenvalue weighted by molar-refractivity contribution is -0.147. The highest BCUT2D eigenvalue weighted by Crippen LogP contribution is 2.28. The zero-order chi connectivity index (χ0) is 21.4. The second-order valence-electron chi connectivity index (χ2n) is 5.81. The van der Waals surface area contributed by atoms with Crippen LogP contribution in [-0.2, 0) is 28.3 Å². The predicted molar refractivity (Wildman–Crippen MR) is 90.2 cm³/mol. The minimum Gasteiger partial charge on any atom is -0.481 e. The summed E-state index contributed by atoms with van der Waals surface area (Å²) in [5, 5.41) is 34.2. The molecule has 0 atom stereocenters. The van der Waals surface area contributed by atoms with Crippen LogP contribution in [0, 0.1) is 11.6 Å². The number of rotatable bonds is 7. The fourth-order valence-electron chi connectivity index (χ4n) is 2.38. The number of hydrogen-bond donors (Lipinski definition) is 3. The van der Waals surface area contributed by atoms with E-state index in [-0.39, 0.29) is 18.7 Å². The molecule has 0 bridgehead atoms. The van der Waals surface area contributed by atoms with Crippen LogP contribution >= 0.6 is 0 Å². The summed E-state index contributed by atoms with van der Waals surface area (Å²) in [6.45, 7) is -0.148. The molecule has 2 heterocycles. The molecule has 0 aliphatic rings. The van der Waals surface area contributed by atoms with E-state index in [0.717, 1.165) is 12.1 Å². The molecule has 13 heteroatoms. The van der Waals surface area contributed by atoms with Crippen molar-refractivity contribution in [2.24, 2.45) is 0 Å². The van der Waals surface area contributed by atoms with E-state index < -0.39 is 35.6 Å². The van der Waals surface area contributed by atoms with Gasteiger partial charge in [0.25, 0.3) is 0 Å². The van der Waals surface area contributed by atoms with E-state index in [1.165, 1.54) is 40.7 Å². The molecule has 3 N–H and O–H groups in total. The fourth-order valence-corrected chi connectivity index (χ4v) is 2.38. The fraction of sp³-hybridized carbons (Fsp3) is 0.250. The van der Waals surface area contributed by atoms with Crippen LogP contribution in [0.15, 0.2) is 43.5 Å². The number of hydrogen-bond acceptors (Lipinski definition) is 7. The largest absolute Gasteiger partial charge is 0.481 e. The van der Waals surface area contributed by atoms with Crippen molar-refractivity contribution in [2.75, 3.05) is 0 Å². The smallest absolute Gasteiger partial charge is 0.314 e. The predicted octanol–water partition coefficient (Wildman–Crippen LogP) is 0.282. The third-order valence-corrected chi connectivity index (χ3v) is 3.52. The van der Waals surface area contributed by atoms with Gasteiger partial charge >= 0.3 is 11.9 Å². The maximum Gasteiger partial charge on any atom is 0.314 e. The van der Waals surface area contributed by atoms with Gasteiger partial charge in [-0.05, 0) is 6.07 Å². The van der Waals surface area contributed by atoms with E-state index in [0.29, 0.717) is 0 Å². The lowest BCUT2D eigenvalue weighted by Crippen LogP contribution is -2.37. The minimum atomic E-state index is -1.70. The SMILES string of the molecule is O=C(O)CC(=O)O.OC(Cn1cncn1)(Cn1cncn1)c1ccc(F)cc1F. The zero-order valence-corrected chi connectivity index (χ0v) is 14.8. The standard InChI is InChI=1S/C13H12F2N6O.C3H4O4/c14-10-1-2-11(12(15)3-10)13(22,4-20-8-16-6-18-20)5-21-9-17-7-19-21;4-2(5)1-3(6)7/h1-3,6-9,22H,4-5H2;1H2,(H,4,5)(H,6,7). The summed E-state index contributed by atoms with van der Waals surface area (Å²) >= 11 is 0. The van der Waals surface area contributed by atoms with E-state index in [1.54, 1.807) is 0 Å². The van der Waals surface area contributed by atoms with Gasteiger partial charge in [0, 0.05) is 11.6 Å². The Balaban J connectivity index is 0.000000370. The number of halogens is 2. The van der Waals surface area contributed by atoms with Gasteiger partial charge in [-0.25, -0.2) is 28.1 Å². The first kappa shape index (κ1) is 21.6. The van der Waals surface area contributed by atoms with Crippen LogP contribution in [0.2, 0.25) is 0 Å². The summed E-state index contributed by atoms with van der Waals surface area (Å²) in [6, 6.07) is 3.02. The van der Waals surface area contributed by atoms with Gasteiger partial charge < -0.3 is 15.3 Å². The second-order valence-corrected chi connectivity index (χ2v) is 5.81. The first-order valence-corrected chi connectivity index (χ1v) is 7.96. The normalized spacial score (nSPS) is 10.9. The van der Waals surface area contributed by atoms with Crippen LogP contribution in [0.3, 0.4) is 0 Å². The zero-order valence-electron chi connectivity index (χ0n) is 14.8. The third kappa shape index (κ3) is 6.42. The molecule has 3 aromatic rings. The Bertz CT molecular complexity index is 901. The number of aliphatic hydroxyl groups is 1. The van der Waals surface area contributed by atoms with Crippen molar-refractivity contribution in [1.29, 1.82) is 0 Å². The van der Waals surface area contributed by atoms with Crippen molar-refractivity contribution in [1.82, 2.24) is 29.5 Å². The Labute approximate surface area is 161 Å². The van der Waals surface area contributed by atoms with Gasteiger partial charge in [0.05, 0.1) is 13.1 Å². The lowest BCUT2D eigenvalue weighted by atomic mass is 9.93. The summed E-state index contributed by atoms with van der Waals surface area (Å²) < 4.78 is 29.9. The highest BCUT2D eigenvalue weighted by atomic mass is 19.1. The van der Waals surface area contributed by atoms with Gasteiger partial charge in [-0.3, -0.25) is 9.59 Å². The molecule has 2 aromatic heterocycles. The van der Waals surface area contributed by atoms with Gasteiger partial charge in [-0.1, -0.05) is 6.07 Å². The van der Waals surface area contributed by atoms with Crippen LogP contribution < -0.4 is 0 Å². The lowest BCUT2D eigenvalue weighted by Gasteiger charge is -2.28. The first-order valence-electron chi connectivity index (χ1n) is 7.96. The Kier molecular flexibility index (Phi) is 7.03. The molecule has 0 unspecified atom stereocenters. The highest BCUT2D eigenvalue weighted by molar-refractivity contribution is 5.88. The van der Waals surface area contributed by atoms with Crippen molar-refractivity contribution in [3.8, 4) is 0 Å². The topological polar surface area (TPSA) is 156 Å². The van der Waals surface area contributed by atoms with Crippen molar-refractivity contribution in [3.05, 3.63) is 60.7 Å². The van der Waals surface area contributed by atoms with Gasteiger partial charge in [-0.2, -0.15) is 10.2 Å². The van der Waals surface area contributed by atoms with Crippen LogP contribution in [0.25, 0.3) is 0 Å². The van der Waals surface area contributed by atoms with Crippen molar-refractivity contribution in [2.45, 2.75) is 25.1 Å². The Morgan fingerprint density at radius 3 is 1.83 bits per heavy atom. The Morgan fingerprint density at radius 2 is 1.48 bits per heavy atom. The maximum atomic E-state index is 14.1. The van der Waals surface area contributed by atoms with Crippen LogP contribution in [-0.4, -0.2) is 56.8 Å². The first-order chi connectivity index (χ1) is 13.7. The molecule has 0 aliphatic heterocycles. The molecule has 0 radical (unpaired) electrons. The number of carboxylic acid groups (broad SMARTS) is 2. The van der Waals surface area contributed by atoms with Gasteiger partial charge in [0.1, 0.15) is 49.0 Å². The second kappa shape index (κ2) is 9.45. The molecule has 0 spiro atoms. The number of carbonyl (C=O) groups is 2. The summed E-state index contributed by atoms with van der Waals surface area (Å²) in [7, 11) is 0. The van der Waals surface area contributed by atoms with Crippen LogP contribution in [0.4, 0.5) is 8.78 Å². The molecule has 0 saturated heterocycles. The summed E-state index contributed by atoms with van der Waals surface area (Å²) in [4.78, 5) is 26.4. The molecule has 1 aromatic carbocycles. The van der Waals surface area contributed by atoms with E-state index in [1.807, 2.05) is 0 Å². The summed E-state index contributed by atoms with van der Waals surface area (Å²) in [5.41, 5.74) is -1.75. The number of aromatic nitrogens is 6. The van der Waals surface area contributed by atoms with Crippen molar-refractivity contribution in [3.63, 3.8) is 0 Å². The molecule has 29 heavy (non-hydrogen) atoms. The van der Waals surface area contributed by atoms with Crippen LogP contribution in [0.1, 0.15) is 12.0 Å². The molecule has 3 rings (SSSR count). The minimum absolute atomic E-state index is 0.0556. The molecular weight excluding hydrogens is 394 g/mol. The van der Waals surface area contributed by atoms with E-state index in [4.69, 9.17) is 10.2 Å². The van der Waals surface area contributed by atoms with Gasteiger partial charge in [-0.15, -0.1) is 0 Å². The Morgan fingerprint density at radius 1 is 0.966 bits per heavy atom. The number of nitrogens with zero attached hydrogens (tertiary/aromatic N) is 6. The summed E-state index contributed by atoms with van der Waals surface area (Å²) in [5.74, 6) is -4.19. The number of carboxylic acids is 2. The number of aliphatic carboxylic acids is 2. The Hall–Kier alpha value is -3.74. The van der Waals surface area contributed by atoms with E-state index in [9.17, 15) is 23.5 Å².